The molecule has 0 bridgehead atoms. The van der Waals surface area contributed by atoms with E-state index in [0.717, 1.165) is 11.1 Å². The van der Waals surface area contributed by atoms with Crippen LogP contribution < -0.4 is 4.74 Å². The molecule has 1 aliphatic heterocycles. The van der Waals surface area contributed by atoms with Crippen LogP contribution in [0.15, 0.2) is 61.3 Å². The number of pyridine rings is 3. The van der Waals surface area contributed by atoms with E-state index in [-0.39, 0.29) is 30.2 Å². The topological polar surface area (TPSA) is 109 Å². The Morgan fingerprint density at radius 2 is 1.83 bits per heavy atom. The van der Waals surface area contributed by atoms with E-state index in [2.05, 4.69) is 15.0 Å². The normalized spacial score (nSPS) is 18.6. The summed E-state index contributed by atoms with van der Waals surface area (Å²) >= 11 is 0. The number of carbonyl (C=O) groups excluding carboxylic acids is 2. The van der Waals surface area contributed by atoms with Crippen molar-refractivity contribution in [3.63, 3.8) is 0 Å². The molecule has 4 heterocycles. The highest BCUT2D eigenvalue weighted by Crippen LogP contribution is 2.30. The number of rotatable bonds is 6. The Kier molecular flexibility index (Phi) is 7.36. The molecule has 9 nitrogen and oxygen atoms in total. The first-order valence-electron chi connectivity index (χ1n) is 11.5. The van der Waals surface area contributed by atoms with Crippen molar-refractivity contribution in [2.24, 2.45) is 5.92 Å². The van der Waals surface area contributed by atoms with E-state index in [1.165, 1.54) is 0 Å². The summed E-state index contributed by atoms with van der Waals surface area (Å²) in [5.74, 6) is -0.320. The molecule has 35 heavy (non-hydrogen) atoms. The summed E-state index contributed by atoms with van der Waals surface area (Å²) in [5, 5.41) is 9.84. The van der Waals surface area contributed by atoms with Crippen LogP contribution in [0, 0.1) is 5.92 Å². The fourth-order valence-corrected chi connectivity index (χ4v) is 4.09. The molecule has 0 fully saturated rings. The molecule has 0 radical (unpaired) electrons. The van der Waals surface area contributed by atoms with Gasteiger partial charge >= 0.3 is 0 Å². The highest BCUT2D eigenvalue weighted by molar-refractivity contribution is 5.98. The number of ether oxygens (including phenoxy) is 1. The molecule has 0 aromatic carbocycles. The number of nitrogens with zero attached hydrogens (tertiary/aromatic N) is 5. The summed E-state index contributed by atoms with van der Waals surface area (Å²) < 4.78 is 6.29. The van der Waals surface area contributed by atoms with Crippen LogP contribution in [-0.4, -0.2) is 80.6 Å². The molecule has 1 aliphatic rings. The van der Waals surface area contributed by atoms with E-state index in [1.807, 2.05) is 19.1 Å². The molecule has 4 rings (SSSR count). The second kappa shape index (κ2) is 10.6. The van der Waals surface area contributed by atoms with Gasteiger partial charge in [0.25, 0.3) is 11.8 Å². The second-order valence-electron chi connectivity index (χ2n) is 8.86. The summed E-state index contributed by atoms with van der Waals surface area (Å²) in [5.41, 5.74) is 2.49. The van der Waals surface area contributed by atoms with Crippen molar-refractivity contribution in [1.82, 2.24) is 24.8 Å². The Balaban J connectivity index is 1.68. The van der Waals surface area contributed by atoms with E-state index in [1.54, 1.807) is 73.0 Å². The molecular formula is C26H29N5O4. The summed E-state index contributed by atoms with van der Waals surface area (Å²) in [4.78, 5) is 42.2. The maximum absolute atomic E-state index is 13.6. The largest absolute Gasteiger partial charge is 0.472 e. The van der Waals surface area contributed by atoms with Crippen LogP contribution in [0.2, 0.25) is 0 Å². The second-order valence-corrected chi connectivity index (χ2v) is 8.86. The molecule has 3 aromatic heterocycles. The Morgan fingerprint density at radius 1 is 1.17 bits per heavy atom. The predicted molar refractivity (Wildman–Crippen MR) is 130 cm³/mol. The van der Waals surface area contributed by atoms with Crippen LogP contribution in [0.3, 0.4) is 0 Å². The number of fused-ring (bicyclic) bond motifs is 1. The fraction of sp³-hybridized carbons (Fsp3) is 0.346. The van der Waals surface area contributed by atoms with Crippen molar-refractivity contribution in [2.75, 3.05) is 26.7 Å². The zero-order valence-electron chi connectivity index (χ0n) is 20.0. The molecule has 1 N–H and O–H groups in total. The lowest BCUT2D eigenvalue weighted by atomic mass is 9.99. The van der Waals surface area contributed by atoms with Crippen molar-refractivity contribution in [1.29, 1.82) is 0 Å². The van der Waals surface area contributed by atoms with Gasteiger partial charge in [0.05, 0.1) is 19.2 Å². The number of carbonyl (C=O) groups is 2. The number of aliphatic hydroxyl groups excluding tert-OH is 1. The molecule has 0 saturated heterocycles. The van der Waals surface area contributed by atoms with Crippen LogP contribution in [-0.2, 0) is 0 Å². The van der Waals surface area contributed by atoms with Crippen LogP contribution in [0.4, 0.5) is 0 Å². The van der Waals surface area contributed by atoms with Crippen LogP contribution in [0.5, 0.6) is 5.88 Å². The van der Waals surface area contributed by atoms with Gasteiger partial charge in [-0.05, 0) is 42.8 Å². The molecule has 3 atom stereocenters. The Hall–Kier alpha value is -3.85. The monoisotopic (exact) mass is 475 g/mol. The lowest BCUT2D eigenvalue weighted by Crippen LogP contribution is -2.50. The van der Waals surface area contributed by atoms with Gasteiger partial charge in [0.1, 0.15) is 11.7 Å². The van der Waals surface area contributed by atoms with E-state index >= 15 is 0 Å². The molecule has 2 amide bonds. The van der Waals surface area contributed by atoms with Gasteiger partial charge in [-0.3, -0.25) is 19.6 Å². The van der Waals surface area contributed by atoms with Crippen LogP contribution in [0.25, 0.3) is 11.1 Å². The highest BCUT2D eigenvalue weighted by atomic mass is 16.5. The summed E-state index contributed by atoms with van der Waals surface area (Å²) in [6.07, 6.45) is 7.75. The average Bonchev–Trinajstić information content (AvgIpc) is 2.90. The van der Waals surface area contributed by atoms with E-state index in [9.17, 15) is 14.7 Å². The molecule has 0 aliphatic carbocycles. The molecule has 0 unspecified atom stereocenters. The van der Waals surface area contributed by atoms with Crippen molar-refractivity contribution < 1.29 is 19.4 Å². The SMILES string of the molecule is C[C@@H]1CN([C@@H](C)CO)C(=O)c2cc(-c3ccncc3)cnc2O[C@@H]1CN(C)C(=O)c1ccncc1. The number of hydrogen-bond acceptors (Lipinski definition) is 7. The van der Waals surface area contributed by atoms with E-state index < -0.39 is 12.1 Å². The molecule has 182 valence electrons. The van der Waals surface area contributed by atoms with Gasteiger partial charge in [0.15, 0.2) is 0 Å². The predicted octanol–water partition coefficient (Wildman–Crippen LogP) is 2.53. The minimum atomic E-state index is -0.426. The number of aliphatic hydroxyl groups is 1. The van der Waals surface area contributed by atoms with Gasteiger partial charge in [-0.1, -0.05) is 6.92 Å². The molecule has 0 saturated carbocycles. The maximum atomic E-state index is 13.6. The zero-order valence-corrected chi connectivity index (χ0v) is 20.0. The van der Waals surface area contributed by atoms with Crippen LogP contribution >= 0.6 is 0 Å². The minimum Gasteiger partial charge on any atom is -0.472 e. The quantitative estimate of drug-likeness (QED) is 0.584. The van der Waals surface area contributed by atoms with Gasteiger partial charge in [-0.15, -0.1) is 0 Å². The Labute approximate surface area is 204 Å². The third-order valence-electron chi connectivity index (χ3n) is 6.26. The average molecular weight is 476 g/mol. The first kappa shape index (κ1) is 24.3. The smallest absolute Gasteiger partial charge is 0.259 e. The zero-order chi connectivity index (χ0) is 24.9. The highest BCUT2D eigenvalue weighted by Gasteiger charge is 2.34. The third kappa shape index (κ3) is 5.30. The van der Waals surface area contributed by atoms with Crippen molar-refractivity contribution in [3.8, 4) is 17.0 Å². The van der Waals surface area contributed by atoms with Crippen molar-refractivity contribution in [2.45, 2.75) is 26.0 Å². The third-order valence-corrected chi connectivity index (χ3v) is 6.26. The van der Waals surface area contributed by atoms with E-state index in [4.69, 9.17) is 4.74 Å². The fourth-order valence-electron chi connectivity index (χ4n) is 4.09. The Morgan fingerprint density at radius 3 is 2.49 bits per heavy atom. The molecule has 9 heteroatoms. The summed E-state index contributed by atoms with van der Waals surface area (Å²) in [7, 11) is 1.72. The molecular weight excluding hydrogens is 446 g/mol. The van der Waals surface area contributed by atoms with E-state index in [0.29, 0.717) is 24.2 Å². The van der Waals surface area contributed by atoms with Gasteiger partial charge in [-0.25, -0.2) is 4.98 Å². The van der Waals surface area contributed by atoms with Crippen molar-refractivity contribution in [3.05, 3.63) is 72.4 Å². The summed E-state index contributed by atoms with van der Waals surface area (Å²) in [6, 6.07) is 8.39. The lowest BCUT2D eigenvalue weighted by Gasteiger charge is -2.37. The summed E-state index contributed by atoms with van der Waals surface area (Å²) in [6.45, 7) is 4.26. The number of likely N-dealkylation sites (N-methyl/N-ethyl adjacent to an activating group) is 1. The minimum absolute atomic E-state index is 0.129. The first-order valence-corrected chi connectivity index (χ1v) is 11.5. The van der Waals surface area contributed by atoms with Gasteiger partial charge in [0.2, 0.25) is 5.88 Å². The maximum Gasteiger partial charge on any atom is 0.259 e. The van der Waals surface area contributed by atoms with Gasteiger partial charge in [-0.2, -0.15) is 0 Å². The standard InChI is InChI=1S/C26H29N5O4/c1-17-14-31(18(2)16-32)26(34)22-12-21(19-4-8-27-9-5-19)13-29-24(22)35-23(17)15-30(3)25(33)20-6-10-28-11-7-20/h4-13,17-18,23,32H,14-16H2,1-3H3/t17-,18+,23-/m1/s1. The van der Waals surface area contributed by atoms with Crippen LogP contribution in [0.1, 0.15) is 34.6 Å². The van der Waals surface area contributed by atoms with Crippen molar-refractivity contribution >= 4 is 11.8 Å². The molecule has 0 spiro atoms. The number of amides is 2. The Bertz CT molecular complexity index is 1170. The lowest BCUT2D eigenvalue weighted by molar-refractivity contribution is 0.0313. The van der Waals surface area contributed by atoms with Gasteiger partial charge < -0.3 is 19.6 Å². The van der Waals surface area contributed by atoms with Gasteiger partial charge in [0, 0.05) is 61.6 Å². The molecule has 3 aromatic rings. The number of hydrogen-bond donors (Lipinski definition) is 1. The first-order chi connectivity index (χ1) is 16.9. The number of aromatic nitrogens is 3.